The number of carbonyl (C=O) groups excluding carboxylic acids is 3. The van der Waals surface area contributed by atoms with Gasteiger partial charge in [-0.2, -0.15) is 0 Å². The highest BCUT2D eigenvalue weighted by atomic mass is 16.2. The molecule has 2 aromatic carbocycles. The molecule has 5 nitrogen and oxygen atoms in total. The van der Waals surface area contributed by atoms with Crippen LogP contribution in [0.25, 0.3) is 0 Å². The summed E-state index contributed by atoms with van der Waals surface area (Å²) in [5.74, 6) is -0.513. The van der Waals surface area contributed by atoms with Crippen molar-refractivity contribution in [1.29, 1.82) is 0 Å². The highest BCUT2D eigenvalue weighted by Gasteiger charge is 2.47. The molecule has 1 saturated heterocycles. The number of hydrogen-bond acceptors (Lipinski definition) is 3. The van der Waals surface area contributed by atoms with Gasteiger partial charge in [0.05, 0.1) is 11.8 Å². The summed E-state index contributed by atoms with van der Waals surface area (Å²) in [4.78, 5) is 41.7. The molecule has 30 heavy (non-hydrogen) atoms. The Morgan fingerprint density at radius 2 is 1.27 bits per heavy atom. The van der Waals surface area contributed by atoms with Gasteiger partial charge in [0.15, 0.2) is 0 Å². The summed E-state index contributed by atoms with van der Waals surface area (Å²) < 4.78 is 0. The van der Waals surface area contributed by atoms with Crippen molar-refractivity contribution in [2.24, 2.45) is 11.8 Å². The first-order chi connectivity index (χ1) is 14.6. The summed E-state index contributed by atoms with van der Waals surface area (Å²) in [7, 11) is 0. The normalized spacial score (nSPS) is 20.9. The Balaban J connectivity index is 1.43. The lowest BCUT2D eigenvalue weighted by Gasteiger charge is -2.24. The maximum atomic E-state index is 13.1. The zero-order chi connectivity index (χ0) is 20.9. The van der Waals surface area contributed by atoms with E-state index >= 15 is 0 Å². The fraction of sp³-hybridized carbons (Fsp3) is 0.400. The lowest BCUT2D eigenvalue weighted by Crippen LogP contribution is -2.37. The first-order valence-corrected chi connectivity index (χ1v) is 10.8. The fourth-order valence-electron chi connectivity index (χ4n) is 4.66. The lowest BCUT2D eigenvalue weighted by atomic mass is 9.81. The Kier molecular flexibility index (Phi) is 6.26. The second-order valence-corrected chi connectivity index (χ2v) is 8.30. The van der Waals surface area contributed by atoms with Gasteiger partial charge >= 0.3 is 0 Å². The molecule has 2 fully saturated rings. The SMILES string of the molecule is O=C(CCN1C(=O)C2CCCCC2C1=O)N(Cc1ccccc1)Cc1ccccc1. The molecule has 2 aromatic rings. The van der Waals surface area contributed by atoms with Crippen LogP contribution in [0.4, 0.5) is 0 Å². The van der Waals surface area contributed by atoms with Crippen molar-refractivity contribution in [3.63, 3.8) is 0 Å². The van der Waals surface area contributed by atoms with Crippen molar-refractivity contribution < 1.29 is 14.4 Å². The van der Waals surface area contributed by atoms with E-state index in [1.165, 1.54) is 4.90 Å². The van der Waals surface area contributed by atoms with Gasteiger partial charge in [0.1, 0.15) is 0 Å². The minimum absolute atomic E-state index is 0.0434. The topological polar surface area (TPSA) is 57.7 Å². The number of amides is 3. The molecular formula is C25H28N2O3. The zero-order valence-electron chi connectivity index (χ0n) is 17.2. The van der Waals surface area contributed by atoms with Gasteiger partial charge in [0, 0.05) is 26.1 Å². The van der Waals surface area contributed by atoms with E-state index in [0.717, 1.165) is 36.8 Å². The molecule has 0 spiro atoms. The first-order valence-electron chi connectivity index (χ1n) is 10.8. The summed E-state index contributed by atoms with van der Waals surface area (Å²) in [5, 5.41) is 0. The molecule has 0 N–H and O–H groups in total. The predicted molar refractivity (Wildman–Crippen MR) is 114 cm³/mol. The van der Waals surface area contributed by atoms with E-state index in [-0.39, 0.29) is 42.5 Å². The summed E-state index contributed by atoms with van der Waals surface area (Å²) in [5.41, 5.74) is 2.11. The molecule has 1 saturated carbocycles. The van der Waals surface area contributed by atoms with Crippen molar-refractivity contribution in [3.8, 4) is 0 Å². The molecule has 2 atom stereocenters. The monoisotopic (exact) mass is 404 g/mol. The first kappa shape index (κ1) is 20.3. The standard InChI is InChI=1S/C25H28N2O3/c28-23(15-16-27-24(29)21-13-7-8-14-22(21)25(27)30)26(17-19-9-3-1-4-10-19)18-20-11-5-2-6-12-20/h1-6,9-12,21-22H,7-8,13-18H2. The van der Waals surface area contributed by atoms with Crippen molar-refractivity contribution in [1.82, 2.24) is 9.80 Å². The highest BCUT2D eigenvalue weighted by molar-refractivity contribution is 6.05. The van der Waals surface area contributed by atoms with Crippen LogP contribution in [0.3, 0.4) is 0 Å². The van der Waals surface area contributed by atoms with Crippen LogP contribution in [0.1, 0.15) is 43.2 Å². The van der Waals surface area contributed by atoms with Gasteiger partial charge in [-0.05, 0) is 24.0 Å². The van der Waals surface area contributed by atoms with Gasteiger partial charge in [0.25, 0.3) is 0 Å². The van der Waals surface area contributed by atoms with Crippen LogP contribution in [0, 0.1) is 11.8 Å². The Hall–Kier alpha value is -2.95. The number of imide groups is 1. The summed E-state index contributed by atoms with van der Waals surface area (Å²) in [6, 6.07) is 19.8. The van der Waals surface area contributed by atoms with Crippen LogP contribution in [0.15, 0.2) is 60.7 Å². The summed E-state index contributed by atoms with van der Waals surface area (Å²) >= 11 is 0. The smallest absolute Gasteiger partial charge is 0.233 e. The molecule has 0 bridgehead atoms. The van der Waals surface area contributed by atoms with E-state index in [4.69, 9.17) is 0 Å². The van der Waals surface area contributed by atoms with Crippen molar-refractivity contribution in [2.75, 3.05) is 6.54 Å². The van der Waals surface area contributed by atoms with Gasteiger partial charge in [-0.15, -0.1) is 0 Å². The minimum Gasteiger partial charge on any atom is -0.334 e. The second kappa shape index (κ2) is 9.24. The van der Waals surface area contributed by atoms with Gasteiger partial charge in [-0.1, -0.05) is 73.5 Å². The number of likely N-dealkylation sites (tertiary alicyclic amines) is 1. The average Bonchev–Trinajstić information content (AvgIpc) is 3.03. The molecule has 1 aliphatic carbocycles. The van der Waals surface area contributed by atoms with Crippen LogP contribution < -0.4 is 0 Å². The van der Waals surface area contributed by atoms with Gasteiger partial charge in [-0.25, -0.2) is 0 Å². The number of carbonyl (C=O) groups is 3. The quantitative estimate of drug-likeness (QED) is 0.660. The largest absolute Gasteiger partial charge is 0.334 e. The fourth-order valence-corrected chi connectivity index (χ4v) is 4.66. The van der Waals surface area contributed by atoms with Gasteiger partial charge in [-0.3, -0.25) is 19.3 Å². The van der Waals surface area contributed by atoms with Crippen LogP contribution in [-0.4, -0.2) is 34.1 Å². The van der Waals surface area contributed by atoms with Gasteiger partial charge < -0.3 is 4.90 Å². The molecule has 156 valence electrons. The summed E-state index contributed by atoms with van der Waals surface area (Å²) in [6.07, 6.45) is 3.78. The van der Waals surface area contributed by atoms with E-state index in [0.29, 0.717) is 13.1 Å². The maximum Gasteiger partial charge on any atom is 0.233 e. The minimum atomic E-state index is -0.161. The molecule has 2 aliphatic rings. The number of fused-ring (bicyclic) bond motifs is 1. The highest BCUT2D eigenvalue weighted by Crippen LogP contribution is 2.38. The molecule has 5 heteroatoms. The van der Waals surface area contributed by atoms with E-state index in [9.17, 15) is 14.4 Å². The number of nitrogens with zero attached hydrogens (tertiary/aromatic N) is 2. The number of benzene rings is 2. The maximum absolute atomic E-state index is 13.1. The van der Waals surface area contributed by atoms with Crippen molar-refractivity contribution in [2.45, 2.75) is 45.2 Å². The Morgan fingerprint density at radius 1 is 0.800 bits per heavy atom. The van der Waals surface area contributed by atoms with E-state index in [2.05, 4.69) is 0 Å². The van der Waals surface area contributed by atoms with E-state index < -0.39 is 0 Å². The lowest BCUT2D eigenvalue weighted by molar-refractivity contribution is -0.141. The molecule has 3 amide bonds. The Labute approximate surface area is 177 Å². The molecule has 1 heterocycles. The number of rotatable bonds is 7. The second-order valence-electron chi connectivity index (χ2n) is 8.30. The van der Waals surface area contributed by atoms with Crippen molar-refractivity contribution >= 4 is 17.7 Å². The van der Waals surface area contributed by atoms with E-state index in [1.54, 1.807) is 0 Å². The van der Waals surface area contributed by atoms with Crippen LogP contribution in [-0.2, 0) is 27.5 Å². The van der Waals surface area contributed by atoms with Crippen LogP contribution >= 0.6 is 0 Å². The number of hydrogen-bond donors (Lipinski definition) is 0. The molecule has 0 radical (unpaired) electrons. The average molecular weight is 405 g/mol. The van der Waals surface area contributed by atoms with Crippen LogP contribution in [0.5, 0.6) is 0 Å². The third-order valence-corrected chi connectivity index (χ3v) is 6.27. The van der Waals surface area contributed by atoms with Gasteiger partial charge in [0.2, 0.25) is 17.7 Å². The third-order valence-electron chi connectivity index (χ3n) is 6.27. The Bertz CT molecular complexity index is 832. The molecule has 4 rings (SSSR count). The predicted octanol–water partition coefficient (Wildman–Crippen LogP) is 3.78. The molecular weight excluding hydrogens is 376 g/mol. The molecule has 2 unspecified atom stereocenters. The zero-order valence-corrected chi connectivity index (χ0v) is 17.2. The Morgan fingerprint density at radius 3 is 1.73 bits per heavy atom. The molecule has 0 aromatic heterocycles. The third kappa shape index (κ3) is 4.45. The summed E-state index contributed by atoms with van der Waals surface area (Å²) in [6.45, 7) is 1.19. The molecule has 1 aliphatic heterocycles. The van der Waals surface area contributed by atoms with E-state index in [1.807, 2.05) is 65.6 Å². The van der Waals surface area contributed by atoms with Crippen LogP contribution in [0.2, 0.25) is 0 Å². The van der Waals surface area contributed by atoms with Crippen molar-refractivity contribution in [3.05, 3.63) is 71.8 Å².